The van der Waals surface area contributed by atoms with E-state index in [1.54, 1.807) is 30.3 Å². The van der Waals surface area contributed by atoms with Crippen molar-refractivity contribution in [3.05, 3.63) is 64.7 Å². The number of nitrogens with one attached hydrogen (secondary N) is 1. The van der Waals surface area contributed by atoms with Gasteiger partial charge < -0.3 is 10.4 Å². The van der Waals surface area contributed by atoms with E-state index in [0.717, 1.165) is 11.1 Å². The average Bonchev–Trinajstić information content (AvgIpc) is 2.73. The van der Waals surface area contributed by atoms with Crippen LogP contribution in [0.1, 0.15) is 59.5 Å². The van der Waals surface area contributed by atoms with Gasteiger partial charge in [-0.05, 0) is 63.1 Å². The minimum atomic E-state index is -1.11. The van der Waals surface area contributed by atoms with Crippen molar-refractivity contribution in [1.29, 1.82) is 0 Å². The molecule has 0 aromatic heterocycles. The first-order chi connectivity index (χ1) is 12.1. The van der Waals surface area contributed by atoms with Crippen molar-refractivity contribution in [2.24, 2.45) is 0 Å². The largest absolute Gasteiger partial charge is 0.478 e. The zero-order valence-corrected chi connectivity index (χ0v) is 15.2. The van der Waals surface area contributed by atoms with Gasteiger partial charge in [-0.25, -0.2) is 4.79 Å². The number of carbonyl (C=O) groups is 3. The Balaban J connectivity index is 1.98. The monoisotopic (exact) mass is 351 g/mol. The van der Waals surface area contributed by atoms with E-state index in [9.17, 15) is 19.5 Å². The molecule has 134 valence electrons. The zero-order valence-electron chi connectivity index (χ0n) is 15.2. The second-order valence-electron chi connectivity index (χ2n) is 7.64. The number of hydrogen-bond donors (Lipinski definition) is 2. The summed E-state index contributed by atoms with van der Waals surface area (Å²) in [7, 11) is 0. The first-order valence-electron chi connectivity index (χ1n) is 8.40. The average molecular weight is 351 g/mol. The second kappa shape index (κ2) is 5.80. The van der Waals surface area contributed by atoms with Crippen LogP contribution in [-0.2, 0) is 15.6 Å². The molecule has 5 nitrogen and oxygen atoms in total. The highest BCUT2D eigenvalue weighted by Crippen LogP contribution is 2.46. The summed E-state index contributed by atoms with van der Waals surface area (Å²) >= 11 is 0. The Bertz CT molecular complexity index is 941. The van der Waals surface area contributed by atoms with Gasteiger partial charge in [0.2, 0.25) is 0 Å². The van der Waals surface area contributed by atoms with E-state index in [2.05, 4.69) is 5.32 Å². The topological polar surface area (TPSA) is 83.5 Å². The van der Waals surface area contributed by atoms with E-state index in [1.807, 2.05) is 33.8 Å². The third-order valence-corrected chi connectivity index (χ3v) is 5.17. The molecule has 2 N–H and O–H groups in total. The van der Waals surface area contributed by atoms with Crippen LogP contribution >= 0.6 is 0 Å². The number of Topliss-reactive ketones (excluding diaryl/α,β-unsaturated/α-hetero) is 1. The van der Waals surface area contributed by atoms with Gasteiger partial charge in [0.15, 0.2) is 5.78 Å². The molecule has 0 aliphatic heterocycles. The van der Waals surface area contributed by atoms with Crippen molar-refractivity contribution in [2.45, 2.75) is 38.5 Å². The van der Waals surface area contributed by atoms with Gasteiger partial charge in [-0.1, -0.05) is 18.2 Å². The van der Waals surface area contributed by atoms with Crippen LogP contribution in [0.4, 0.5) is 5.69 Å². The number of aromatic carboxylic acids is 1. The highest BCUT2D eigenvalue weighted by Gasteiger charge is 2.50. The molecule has 0 saturated heterocycles. The van der Waals surface area contributed by atoms with E-state index >= 15 is 0 Å². The van der Waals surface area contributed by atoms with Crippen LogP contribution in [0.3, 0.4) is 0 Å². The normalized spacial score (nSPS) is 16.8. The van der Waals surface area contributed by atoms with Crippen LogP contribution in [0.15, 0.2) is 42.5 Å². The third kappa shape index (κ3) is 2.60. The Morgan fingerprint density at radius 2 is 1.54 bits per heavy atom. The highest BCUT2D eigenvalue weighted by molar-refractivity contribution is 6.09. The Labute approximate surface area is 152 Å². The number of para-hydroxylation sites is 1. The van der Waals surface area contributed by atoms with Gasteiger partial charge in [0.1, 0.15) is 0 Å². The van der Waals surface area contributed by atoms with Gasteiger partial charge in [0.05, 0.1) is 11.3 Å². The van der Waals surface area contributed by atoms with E-state index in [4.69, 9.17) is 0 Å². The van der Waals surface area contributed by atoms with E-state index in [0.29, 0.717) is 5.56 Å². The van der Waals surface area contributed by atoms with E-state index in [1.165, 1.54) is 6.07 Å². The number of amides is 1. The molecule has 1 aliphatic rings. The summed E-state index contributed by atoms with van der Waals surface area (Å²) in [6, 6.07) is 11.5. The van der Waals surface area contributed by atoms with E-state index < -0.39 is 22.7 Å². The molecule has 0 bridgehead atoms. The molecule has 0 saturated carbocycles. The lowest BCUT2D eigenvalue weighted by molar-refractivity contribution is -0.126. The molecule has 1 amide bonds. The molecule has 0 fully saturated rings. The molecule has 0 radical (unpaired) electrons. The standard InChI is InChI=1S/C21H21NO4/c1-20(2)14-10-9-12(11-15(14)21(3,4)19(20)26)17(23)22-16-8-6-5-7-13(16)18(24)25/h5-11H,1-4H3,(H,22,23)(H,24,25). The predicted molar refractivity (Wildman–Crippen MR) is 98.9 cm³/mol. The molecule has 1 aliphatic carbocycles. The van der Waals surface area contributed by atoms with Gasteiger partial charge in [-0.3, -0.25) is 9.59 Å². The van der Waals surface area contributed by atoms with E-state index in [-0.39, 0.29) is 17.0 Å². The van der Waals surface area contributed by atoms with Crippen molar-refractivity contribution in [3.63, 3.8) is 0 Å². The van der Waals surface area contributed by atoms with Crippen molar-refractivity contribution in [3.8, 4) is 0 Å². The predicted octanol–water partition coefficient (Wildman–Crippen LogP) is 3.78. The summed E-state index contributed by atoms with van der Waals surface area (Å²) in [4.78, 5) is 36.7. The molecule has 26 heavy (non-hydrogen) atoms. The van der Waals surface area contributed by atoms with Gasteiger partial charge in [-0.15, -0.1) is 0 Å². The smallest absolute Gasteiger partial charge is 0.337 e. The summed E-state index contributed by atoms with van der Waals surface area (Å²) in [6.07, 6.45) is 0. The fraction of sp³-hybridized carbons (Fsp3) is 0.286. The lowest BCUT2D eigenvalue weighted by Gasteiger charge is -2.21. The summed E-state index contributed by atoms with van der Waals surface area (Å²) < 4.78 is 0. The van der Waals surface area contributed by atoms with Crippen LogP contribution < -0.4 is 5.32 Å². The van der Waals surface area contributed by atoms with Crippen molar-refractivity contribution in [1.82, 2.24) is 0 Å². The Morgan fingerprint density at radius 3 is 2.19 bits per heavy atom. The second-order valence-corrected chi connectivity index (χ2v) is 7.64. The lowest BCUT2D eigenvalue weighted by atomic mass is 9.80. The van der Waals surface area contributed by atoms with Gasteiger partial charge in [0, 0.05) is 16.4 Å². The fourth-order valence-electron chi connectivity index (χ4n) is 3.75. The minimum absolute atomic E-state index is 0.0265. The lowest BCUT2D eigenvalue weighted by Crippen LogP contribution is -2.33. The quantitative estimate of drug-likeness (QED) is 0.881. The summed E-state index contributed by atoms with van der Waals surface area (Å²) in [5.41, 5.74) is 1.15. The Hall–Kier alpha value is -2.95. The maximum Gasteiger partial charge on any atom is 0.337 e. The molecular formula is C21H21NO4. The third-order valence-electron chi connectivity index (χ3n) is 5.17. The van der Waals surface area contributed by atoms with Crippen molar-refractivity contribution < 1.29 is 19.5 Å². The van der Waals surface area contributed by atoms with Crippen molar-refractivity contribution >= 4 is 23.3 Å². The summed E-state index contributed by atoms with van der Waals surface area (Å²) in [6.45, 7) is 7.52. The van der Waals surface area contributed by atoms with Gasteiger partial charge in [-0.2, -0.15) is 0 Å². The molecule has 2 aromatic rings. The Morgan fingerprint density at radius 1 is 0.923 bits per heavy atom. The molecule has 5 heteroatoms. The fourth-order valence-corrected chi connectivity index (χ4v) is 3.75. The molecule has 0 unspecified atom stereocenters. The number of benzene rings is 2. The van der Waals surface area contributed by atoms with Crippen LogP contribution in [-0.4, -0.2) is 22.8 Å². The zero-order chi connectivity index (χ0) is 19.3. The number of ketones is 1. The first kappa shape index (κ1) is 17.9. The molecular weight excluding hydrogens is 330 g/mol. The maximum absolute atomic E-state index is 12.7. The number of rotatable bonds is 3. The van der Waals surface area contributed by atoms with Crippen LogP contribution in [0.5, 0.6) is 0 Å². The minimum Gasteiger partial charge on any atom is -0.478 e. The Kier molecular flexibility index (Phi) is 3.98. The number of carbonyl (C=O) groups excluding carboxylic acids is 2. The number of carboxylic acid groups (broad SMARTS) is 1. The maximum atomic E-state index is 12.7. The van der Waals surface area contributed by atoms with Gasteiger partial charge >= 0.3 is 5.97 Å². The molecule has 0 atom stereocenters. The van der Waals surface area contributed by atoms with Crippen LogP contribution in [0.2, 0.25) is 0 Å². The summed E-state index contributed by atoms with van der Waals surface area (Å²) in [5, 5.41) is 11.9. The first-order valence-corrected chi connectivity index (χ1v) is 8.40. The summed E-state index contributed by atoms with van der Waals surface area (Å²) in [5.74, 6) is -1.40. The molecule has 3 rings (SSSR count). The van der Waals surface area contributed by atoms with Crippen LogP contribution in [0.25, 0.3) is 0 Å². The number of carboxylic acids is 1. The number of anilines is 1. The van der Waals surface area contributed by atoms with Crippen molar-refractivity contribution in [2.75, 3.05) is 5.32 Å². The number of fused-ring (bicyclic) bond motifs is 1. The molecule has 2 aromatic carbocycles. The molecule has 0 spiro atoms. The van der Waals surface area contributed by atoms with Crippen LogP contribution in [0, 0.1) is 0 Å². The SMILES string of the molecule is CC1(C)C(=O)C(C)(C)c2cc(C(=O)Nc3ccccc3C(=O)O)ccc21. The number of hydrogen-bond acceptors (Lipinski definition) is 3. The highest BCUT2D eigenvalue weighted by atomic mass is 16.4. The molecule has 0 heterocycles. The van der Waals surface area contributed by atoms with Gasteiger partial charge in [0.25, 0.3) is 5.91 Å².